The van der Waals surface area contributed by atoms with E-state index in [1.54, 1.807) is 17.9 Å². The lowest BCUT2D eigenvalue weighted by atomic mass is 10.2. The van der Waals surface area contributed by atoms with Gasteiger partial charge < -0.3 is 0 Å². The lowest BCUT2D eigenvalue weighted by molar-refractivity contribution is 0.848. The van der Waals surface area contributed by atoms with E-state index in [1.165, 1.54) is 11.3 Å². The second-order valence-electron chi connectivity index (χ2n) is 4.71. The van der Waals surface area contributed by atoms with Crippen LogP contribution in [0.1, 0.15) is 5.56 Å². The number of hydrogen-bond acceptors (Lipinski definition) is 3. The number of hydrogen-bond donors (Lipinski definition) is 0. The lowest BCUT2D eigenvalue weighted by Gasteiger charge is -2.04. The van der Waals surface area contributed by atoms with E-state index in [0.717, 1.165) is 21.6 Å². The van der Waals surface area contributed by atoms with Crippen molar-refractivity contribution in [3.63, 3.8) is 0 Å². The molecule has 1 aromatic heterocycles. The molecule has 1 heterocycles. The van der Waals surface area contributed by atoms with Gasteiger partial charge in [0.1, 0.15) is 0 Å². The van der Waals surface area contributed by atoms with Gasteiger partial charge in [0.15, 0.2) is 0 Å². The maximum absolute atomic E-state index is 6.18. The maximum atomic E-state index is 6.18. The molecule has 0 spiro atoms. The molecular weight excluding hydrogens is 349 g/mol. The minimum Gasteiger partial charge on any atom is -0.261 e. The highest BCUT2D eigenvalue weighted by atomic mass is 35.5. The van der Waals surface area contributed by atoms with Crippen molar-refractivity contribution in [3.05, 3.63) is 74.3 Å². The number of thiazole rings is 1. The number of aromatic nitrogens is 1. The molecule has 0 aliphatic carbocycles. The van der Waals surface area contributed by atoms with E-state index in [1.807, 2.05) is 53.9 Å². The maximum Gasteiger partial charge on any atom is 0.205 e. The zero-order valence-electron chi connectivity index (χ0n) is 12.3. The molecule has 23 heavy (non-hydrogen) atoms. The van der Waals surface area contributed by atoms with Crippen LogP contribution in [0, 0.1) is 0 Å². The summed E-state index contributed by atoms with van der Waals surface area (Å²) >= 11 is 13.7. The summed E-state index contributed by atoms with van der Waals surface area (Å²) in [7, 11) is 1.75. The van der Waals surface area contributed by atoms with Crippen molar-refractivity contribution in [1.82, 2.24) is 4.68 Å². The predicted molar refractivity (Wildman–Crippen MR) is 98.7 cm³/mol. The van der Waals surface area contributed by atoms with Gasteiger partial charge in [-0.15, -0.1) is 11.3 Å². The van der Waals surface area contributed by atoms with Gasteiger partial charge in [-0.1, -0.05) is 53.5 Å². The lowest BCUT2D eigenvalue weighted by Crippen LogP contribution is -2.11. The van der Waals surface area contributed by atoms with Crippen LogP contribution in [0.2, 0.25) is 10.0 Å². The first-order valence-electron chi connectivity index (χ1n) is 6.87. The zero-order valence-corrected chi connectivity index (χ0v) is 14.6. The number of nitrogens with zero attached hydrogens (tertiary/aromatic N) is 3. The van der Waals surface area contributed by atoms with Crippen LogP contribution in [0.4, 0.5) is 0 Å². The van der Waals surface area contributed by atoms with Crippen molar-refractivity contribution >= 4 is 40.8 Å². The molecule has 0 N–H and O–H groups in total. The van der Waals surface area contributed by atoms with Gasteiger partial charge in [0.05, 0.1) is 11.9 Å². The summed E-state index contributed by atoms with van der Waals surface area (Å²) in [5.41, 5.74) is 2.84. The number of benzene rings is 2. The molecule has 116 valence electrons. The molecule has 0 atom stereocenters. The molecule has 0 unspecified atom stereocenters. The van der Waals surface area contributed by atoms with Gasteiger partial charge in [-0.05, 0) is 18.2 Å². The number of rotatable bonds is 3. The van der Waals surface area contributed by atoms with Crippen LogP contribution in [0.5, 0.6) is 0 Å². The van der Waals surface area contributed by atoms with Crippen LogP contribution in [0.25, 0.3) is 11.3 Å². The largest absolute Gasteiger partial charge is 0.261 e. The average Bonchev–Trinajstić information content (AvgIpc) is 2.98. The summed E-state index contributed by atoms with van der Waals surface area (Å²) in [5.74, 6) is 0. The Balaban J connectivity index is 2.06. The molecule has 0 aliphatic rings. The summed E-state index contributed by atoms with van der Waals surface area (Å²) in [6.07, 6.45) is 1.74. The molecule has 0 amide bonds. The van der Waals surface area contributed by atoms with E-state index >= 15 is 0 Å². The predicted octanol–water partition coefficient (Wildman–Crippen LogP) is 4.94. The van der Waals surface area contributed by atoms with Gasteiger partial charge in [-0.2, -0.15) is 5.10 Å². The summed E-state index contributed by atoms with van der Waals surface area (Å²) in [4.78, 5) is 5.08. The van der Waals surface area contributed by atoms with E-state index in [-0.39, 0.29) is 0 Å². The van der Waals surface area contributed by atoms with Crippen molar-refractivity contribution in [3.8, 4) is 11.3 Å². The fourth-order valence-electron chi connectivity index (χ4n) is 2.08. The first-order chi connectivity index (χ1) is 11.2. The molecule has 0 radical (unpaired) electrons. The summed E-state index contributed by atoms with van der Waals surface area (Å²) in [5, 5.41) is 7.95. The first kappa shape index (κ1) is 16.0. The minimum atomic E-state index is 0.662. The van der Waals surface area contributed by atoms with Gasteiger partial charge in [0.2, 0.25) is 4.80 Å². The third-order valence-corrected chi connectivity index (χ3v) is 4.74. The molecule has 0 saturated carbocycles. The quantitative estimate of drug-likeness (QED) is 0.591. The molecule has 3 nitrogen and oxygen atoms in total. The summed E-state index contributed by atoms with van der Waals surface area (Å²) in [6.45, 7) is 0. The molecule has 3 rings (SSSR count). The van der Waals surface area contributed by atoms with E-state index < -0.39 is 0 Å². The van der Waals surface area contributed by atoms with Gasteiger partial charge in [-0.25, -0.2) is 4.68 Å². The van der Waals surface area contributed by atoms with Crippen molar-refractivity contribution in [1.29, 1.82) is 0 Å². The van der Waals surface area contributed by atoms with E-state index in [2.05, 4.69) is 10.1 Å². The summed E-state index contributed by atoms with van der Waals surface area (Å²) in [6, 6.07) is 15.2. The molecule has 0 bridgehead atoms. The zero-order chi connectivity index (χ0) is 16.2. The Bertz CT molecular complexity index is 908. The van der Waals surface area contributed by atoms with E-state index in [0.29, 0.717) is 10.0 Å². The van der Waals surface area contributed by atoms with Crippen LogP contribution >= 0.6 is 34.5 Å². The highest BCUT2D eigenvalue weighted by Crippen LogP contribution is 2.22. The van der Waals surface area contributed by atoms with Gasteiger partial charge in [0, 0.05) is 33.6 Å². The van der Waals surface area contributed by atoms with Crippen molar-refractivity contribution in [2.75, 3.05) is 7.05 Å². The fourth-order valence-corrected chi connectivity index (χ4v) is 3.20. The molecule has 2 aromatic carbocycles. The SMILES string of the molecule is CN=c1scc(-c2ccc(Cl)cc2)n1N=Cc1ccccc1Cl. The molecule has 6 heteroatoms. The topological polar surface area (TPSA) is 29.6 Å². The normalized spacial score (nSPS) is 12.2. The van der Waals surface area contributed by atoms with E-state index in [4.69, 9.17) is 23.2 Å². The molecule has 0 saturated heterocycles. The fraction of sp³-hybridized carbons (Fsp3) is 0.0588. The highest BCUT2D eigenvalue weighted by Gasteiger charge is 2.07. The standard InChI is InChI=1S/C17H13Cl2N3S/c1-20-17-22(21-10-13-4-2-3-5-15(13)19)16(11-23-17)12-6-8-14(18)9-7-12/h2-11H,1H3. The first-order valence-corrected chi connectivity index (χ1v) is 8.51. The van der Waals surface area contributed by atoms with Gasteiger partial charge >= 0.3 is 0 Å². The van der Waals surface area contributed by atoms with Crippen LogP contribution in [0.3, 0.4) is 0 Å². The minimum absolute atomic E-state index is 0.662. The Morgan fingerprint density at radius 2 is 1.78 bits per heavy atom. The Labute approximate surface area is 148 Å². The Hall–Kier alpha value is -1.88. The molecule has 0 fully saturated rings. The van der Waals surface area contributed by atoms with Crippen molar-refractivity contribution in [2.24, 2.45) is 10.1 Å². The Kier molecular flexibility index (Phi) is 4.96. The second-order valence-corrected chi connectivity index (χ2v) is 6.39. The third-order valence-electron chi connectivity index (χ3n) is 3.23. The van der Waals surface area contributed by atoms with Gasteiger partial charge in [-0.3, -0.25) is 4.99 Å². The second kappa shape index (κ2) is 7.13. The third kappa shape index (κ3) is 3.55. The smallest absolute Gasteiger partial charge is 0.205 e. The van der Waals surface area contributed by atoms with Crippen molar-refractivity contribution in [2.45, 2.75) is 0 Å². The van der Waals surface area contributed by atoms with Crippen LogP contribution in [0.15, 0.2) is 64.0 Å². The molecule has 0 aliphatic heterocycles. The van der Waals surface area contributed by atoms with E-state index in [9.17, 15) is 0 Å². The van der Waals surface area contributed by atoms with Crippen LogP contribution in [-0.2, 0) is 0 Å². The van der Waals surface area contributed by atoms with Crippen molar-refractivity contribution < 1.29 is 0 Å². The Morgan fingerprint density at radius 3 is 2.48 bits per heavy atom. The summed E-state index contributed by atoms with van der Waals surface area (Å²) < 4.78 is 1.80. The number of halogens is 2. The Morgan fingerprint density at radius 1 is 1.04 bits per heavy atom. The van der Waals surface area contributed by atoms with Crippen LogP contribution in [-0.4, -0.2) is 17.9 Å². The molecule has 3 aromatic rings. The average molecular weight is 362 g/mol. The van der Waals surface area contributed by atoms with Crippen LogP contribution < -0.4 is 4.80 Å². The highest BCUT2D eigenvalue weighted by molar-refractivity contribution is 7.07. The molecular formula is C17H13Cl2N3S. The monoisotopic (exact) mass is 361 g/mol. The van der Waals surface area contributed by atoms with Gasteiger partial charge in [0.25, 0.3) is 0 Å².